The lowest BCUT2D eigenvalue weighted by molar-refractivity contribution is 0.288. The molecule has 1 nitrogen and oxygen atoms in total. The molecule has 1 N–H and O–H groups in total. The number of benzene rings is 2. The van der Waals surface area contributed by atoms with E-state index in [0.717, 1.165) is 23.9 Å². The Hall–Kier alpha value is -1.45. The smallest absolute Gasteiger partial charge is 0.127 e. The summed E-state index contributed by atoms with van der Waals surface area (Å²) in [6, 6.07) is 11.7. The number of hydrogen-bond acceptors (Lipinski definition) is 1. The molecule has 4 heteroatoms. The molecule has 1 fully saturated rings. The second kappa shape index (κ2) is 6.12. The van der Waals surface area contributed by atoms with Crippen molar-refractivity contribution in [3.63, 3.8) is 0 Å². The molecular weight excluding hydrogens is 292 g/mol. The fourth-order valence-electron chi connectivity index (χ4n) is 2.78. The third kappa shape index (κ3) is 3.25. The summed E-state index contributed by atoms with van der Waals surface area (Å²) in [4.78, 5) is 0. The molecule has 0 radical (unpaired) electrons. The van der Waals surface area contributed by atoms with Gasteiger partial charge in [0.05, 0.1) is 0 Å². The highest BCUT2D eigenvalue weighted by molar-refractivity contribution is 6.31. The van der Waals surface area contributed by atoms with E-state index in [4.69, 9.17) is 11.6 Å². The van der Waals surface area contributed by atoms with Crippen LogP contribution in [0.3, 0.4) is 0 Å². The first-order chi connectivity index (χ1) is 10.1. The molecule has 2 aromatic rings. The summed E-state index contributed by atoms with van der Waals surface area (Å²) in [5, 5.41) is 4.08. The van der Waals surface area contributed by atoms with Gasteiger partial charge in [0.1, 0.15) is 11.6 Å². The molecule has 0 amide bonds. The first-order valence-electron chi connectivity index (χ1n) is 7.05. The van der Waals surface area contributed by atoms with E-state index in [1.165, 1.54) is 17.7 Å². The van der Waals surface area contributed by atoms with E-state index in [0.29, 0.717) is 24.1 Å². The van der Waals surface area contributed by atoms with E-state index in [1.54, 1.807) is 0 Å². The van der Waals surface area contributed by atoms with Crippen LogP contribution >= 0.6 is 11.6 Å². The van der Waals surface area contributed by atoms with Crippen molar-refractivity contribution in [2.75, 3.05) is 0 Å². The predicted octanol–water partition coefficient (Wildman–Crippen LogP) is 4.65. The maximum absolute atomic E-state index is 13.5. The molecule has 3 rings (SSSR count). The molecule has 0 heterocycles. The lowest BCUT2D eigenvalue weighted by atomic mass is 9.76. The lowest BCUT2D eigenvalue weighted by Gasteiger charge is -2.37. The summed E-state index contributed by atoms with van der Waals surface area (Å²) < 4.78 is 26.6. The van der Waals surface area contributed by atoms with Crippen LogP contribution in [0.2, 0.25) is 5.02 Å². The van der Waals surface area contributed by atoms with Crippen molar-refractivity contribution in [3.8, 4) is 0 Å². The summed E-state index contributed by atoms with van der Waals surface area (Å²) in [5.41, 5.74) is 1.55. The largest absolute Gasteiger partial charge is 0.310 e. The Labute approximate surface area is 127 Å². The SMILES string of the molecule is Fc1ccc(F)c(CNC2CC(c3ccccc3Cl)C2)c1. The van der Waals surface area contributed by atoms with E-state index < -0.39 is 5.82 Å². The van der Waals surface area contributed by atoms with Crippen molar-refractivity contribution in [2.45, 2.75) is 31.3 Å². The van der Waals surface area contributed by atoms with Crippen molar-refractivity contribution in [1.29, 1.82) is 0 Å². The Balaban J connectivity index is 1.54. The molecule has 0 saturated heterocycles. The third-order valence-electron chi connectivity index (χ3n) is 4.07. The van der Waals surface area contributed by atoms with Gasteiger partial charge in [0.15, 0.2) is 0 Å². The lowest BCUT2D eigenvalue weighted by Crippen LogP contribution is -2.39. The van der Waals surface area contributed by atoms with Gasteiger partial charge >= 0.3 is 0 Å². The minimum atomic E-state index is -0.407. The van der Waals surface area contributed by atoms with E-state index in [1.807, 2.05) is 18.2 Å². The van der Waals surface area contributed by atoms with E-state index in [-0.39, 0.29) is 5.82 Å². The summed E-state index contributed by atoms with van der Waals surface area (Å²) >= 11 is 6.18. The number of rotatable bonds is 4. The van der Waals surface area contributed by atoms with E-state index in [2.05, 4.69) is 11.4 Å². The molecule has 0 aliphatic heterocycles. The Morgan fingerprint density at radius 1 is 1.10 bits per heavy atom. The Bertz CT molecular complexity index is 638. The summed E-state index contributed by atoms with van der Waals surface area (Å²) in [6.45, 7) is 0.351. The standard InChI is InChI=1S/C17H16ClF2N/c18-16-4-2-1-3-15(16)11-8-14(9-11)21-10-12-7-13(19)5-6-17(12)20/h1-7,11,14,21H,8-10H2. The van der Waals surface area contributed by atoms with Gasteiger partial charge in [-0.05, 0) is 48.6 Å². The maximum Gasteiger partial charge on any atom is 0.127 e. The highest BCUT2D eigenvalue weighted by Gasteiger charge is 2.31. The van der Waals surface area contributed by atoms with Crippen LogP contribution in [0.15, 0.2) is 42.5 Å². The van der Waals surface area contributed by atoms with Crippen LogP contribution < -0.4 is 5.32 Å². The first-order valence-corrected chi connectivity index (χ1v) is 7.43. The molecule has 0 unspecified atom stereocenters. The van der Waals surface area contributed by atoms with Gasteiger partial charge in [-0.15, -0.1) is 0 Å². The van der Waals surface area contributed by atoms with E-state index in [9.17, 15) is 8.78 Å². The first kappa shape index (κ1) is 14.5. The van der Waals surface area contributed by atoms with Crippen molar-refractivity contribution in [2.24, 2.45) is 0 Å². The maximum atomic E-state index is 13.5. The highest BCUT2D eigenvalue weighted by atomic mass is 35.5. The van der Waals surface area contributed by atoms with Gasteiger partial charge in [0.25, 0.3) is 0 Å². The van der Waals surface area contributed by atoms with Crippen molar-refractivity contribution in [3.05, 3.63) is 70.2 Å². The minimum absolute atomic E-state index is 0.328. The van der Waals surface area contributed by atoms with Crippen LogP contribution in [0, 0.1) is 11.6 Å². The van der Waals surface area contributed by atoms with Gasteiger partial charge in [0.2, 0.25) is 0 Å². The molecule has 21 heavy (non-hydrogen) atoms. The Kier molecular flexibility index (Phi) is 4.22. The van der Waals surface area contributed by atoms with Gasteiger partial charge in [0, 0.05) is 23.2 Å². The van der Waals surface area contributed by atoms with Gasteiger partial charge in [-0.25, -0.2) is 8.78 Å². The Morgan fingerprint density at radius 3 is 2.62 bits per heavy atom. The molecule has 0 spiro atoms. The zero-order chi connectivity index (χ0) is 14.8. The van der Waals surface area contributed by atoms with Crippen LogP contribution in [0.4, 0.5) is 8.78 Å². The van der Waals surface area contributed by atoms with Crippen LogP contribution in [-0.4, -0.2) is 6.04 Å². The van der Waals surface area contributed by atoms with Gasteiger partial charge in [-0.1, -0.05) is 29.8 Å². The van der Waals surface area contributed by atoms with Crippen LogP contribution in [0.1, 0.15) is 29.9 Å². The Morgan fingerprint density at radius 2 is 1.86 bits per heavy atom. The van der Waals surface area contributed by atoms with Gasteiger partial charge in [-0.2, -0.15) is 0 Å². The molecular formula is C17H16ClF2N. The minimum Gasteiger partial charge on any atom is -0.310 e. The second-order valence-electron chi connectivity index (χ2n) is 5.50. The molecule has 0 atom stereocenters. The zero-order valence-electron chi connectivity index (χ0n) is 11.5. The molecule has 110 valence electrons. The third-order valence-corrected chi connectivity index (χ3v) is 4.42. The molecule has 1 aliphatic carbocycles. The average molecular weight is 308 g/mol. The van der Waals surface area contributed by atoms with Crippen molar-refractivity contribution in [1.82, 2.24) is 5.32 Å². The normalized spacial score (nSPS) is 21.1. The fraction of sp³-hybridized carbons (Fsp3) is 0.294. The summed E-state index contributed by atoms with van der Waals surface area (Å²) in [5.74, 6) is -0.324. The van der Waals surface area contributed by atoms with Crippen LogP contribution in [-0.2, 0) is 6.54 Å². The predicted molar refractivity (Wildman–Crippen MR) is 80.4 cm³/mol. The molecule has 0 aromatic heterocycles. The molecule has 1 saturated carbocycles. The second-order valence-corrected chi connectivity index (χ2v) is 5.91. The average Bonchev–Trinajstić information content (AvgIpc) is 2.42. The zero-order valence-corrected chi connectivity index (χ0v) is 12.2. The fourth-order valence-corrected chi connectivity index (χ4v) is 3.07. The number of hydrogen-bond donors (Lipinski definition) is 1. The van der Waals surface area contributed by atoms with Crippen molar-refractivity contribution >= 4 is 11.6 Å². The van der Waals surface area contributed by atoms with Crippen molar-refractivity contribution < 1.29 is 8.78 Å². The van der Waals surface area contributed by atoms with Crippen LogP contribution in [0.25, 0.3) is 0 Å². The van der Waals surface area contributed by atoms with E-state index >= 15 is 0 Å². The number of nitrogens with one attached hydrogen (secondary N) is 1. The molecule has 2 aromatic carbocycles. The van der Waals surface area contributed by atoms with Gasteiger partial charge < -0.3 is 5.32 Å². The summed E-state index contributed by atoms with van der Waals surface area (Å²) in [7, 11) is 0. The topological polar surface area (TPSA) is 12.0 Å². The molecule has 0 bridgehead atoms. The summed E-state index contributed by atoms with van der Waals surface area (Å²) in [6.07, 6.45) is 1.95. The monoisotopic (exact) mass is 307 g/mol. The quantitative estimate of drug-likeness (QED) is 0.866. The number of halogens is 3. The highest BCUT2D eigenvalue weighted by Crippen LogP contribution is 2.39. The molecule has 1 aliphatic rings. The van der Waals surface area contributed by atoms with Gasteiger partial charge in [-0.3, -0.25) is 0 Å². The van der Waals surface area contributed by atoms with Crippen LogP contribution in [0.5, 0.6) is 0 Å².